The summed E-state index contributed by atoms with van der Waals surface area (Å²) in [6, 6.07) is 6.02. The van der Waals surface area contributed by atoms with Gasteiger partial charge in [-0.25, -0.2) is 4.79 Å². The predicted octanol–water partition coefficient (Wildman–Crippen LogP) is 2.48. The molecule has 1 aromatic carbocycles. The molecule has 5 nitrogen and oxygen atoms in total. The standard InChI is InChI=1S/C18H28N2O3/c1-13-9-14(2)11-17(10-13)23-8-6-19-18(22)20-7-4-5-16(12-20)15(3)21/h9-11,15-16,21H,4-8,12H2,1-3H3,(H,19,22)/t15-,16-/m0/s1. The smallest absolute Gasteiger partial charge is 0.317 e. The minimum atomic E-state index is -0.363. The van der Waals surface area contributed by atoms with E-state index in [1.807, 2.05) is 26.0 Å². The Morgan fingerprint density at radius 2 is 2.09 bits per heavy atom. The number of aliphatic hydroxyl groups excluding tert-OH is 1. The molecular weight excluding hydrogens is 292 g/mol. The van der Waals surface area contributed by atoms with Crippen molar-refractivity contribution in [3.05, 3.63) is 29.3 Å². The average molecular weight is 320 g/mol. The molecule has 2 atom stereocenters. The number of amides is 2. The predicted molar refractivity (Wildman–Crippen MR) is 90.8 cm³/mol. The van der Waals surface area contributed by atoms with Crippen LogP contribution in [0.15, 0.2) is 18.2 Å². The van der Waals surface area contributed by atoms with Gasteiger partial charge < -0.3 is 20.1 Å². The number of piperidine rings is 1. The number of nitrogens with one attached hydrogen (secondary N) is 1. The first kappa shape index (κ1) is 17.6. The highest BCUT2D eigenvalue weighted by molar-refractivity contribution is 5.74. The Bertz CT molecular complexity index is 511. The van der Waals surface area contributed by atoms with E-state index in [9.17, 15) is 9.90 Å². The molecule has 0 aliphatic carbocycles. The Morgan fingerprint density at radius 1 is 1.39 bits per heavy atom. The molecule has 5 heteroatoms. The van der Waals surface area contributed by atoms with Crippen molar-refractivity contribution in [1.82, 2.24) is 10.2 Å². The number of hydrogen-bond acceptors (Lipinski definition) is 3. The summed E-state index contributed by atoms with van der Waals surface area (Å²) in [7, 11) is 0. The van der Waals surface area contributed by atoms with E-state index >= 15 is 0 Å². The Hall–Kier alpha value is -1.75. The highest BCUT2D eigenvalue weighted by Crippen LogP contribution is 2.19. The summed E-state index contributed by atoms with van der Waals surface area (Å²) < 4.78 is 5.69. The molecule has 1 aliphatic rings. The van der Waals surface area contributed by atoms with Crippen molar-refractivity contribution < 1.29 is 14.6 Å². The maximum atomic E-state index is 12.2. The van der Waals surface area contributed by atoms with Crippen LogP contribution in [-0.2, 0) is 0 Å². The zero-order valence-electron chi connectivity index (χ0n) is 14.3. The number of rotatable bonds is 5. The summed E-state index contributed by atoms with van der Waals surface area (Å²) in [5.41, 5.74) is 2.34. The molecule has 2 rings (SSSR count). The largest absolute Gasteiger partial charge is 0.492 e. The summed E-state index contributed by atoms with van der Waals surface area (Å²) in [6.45, 7) is 8.18. The van der Waals surface area contributed by atoms with Crippen molar-refractivity contribution in [2.75, 3.05) is 26.2 Å². The van der Waals surface area contributed by atoms with Crippen molar-refractivity contribution >= 4 is 6.03 Å². The van der Waals surface area contributed by atoms with Crippen molar-refractivity contribution in [3.63, 3.8) is 0 Å². The average Bonchev–Trinajstić information content (AvgIpc) is 2.50. The van der Waals surface area contributed by atoms with Gasteiger partial charge in [-0.1, -0.05) is 6.07 Å². The van der Waals surface area contributed by atoms with E-state index in [4.69, 9.17) is 4.74 Å². The van der Waals surface area contributed by atoms with Gasteiger partial charge in [-0.05, 0) is 56.9 Å². The molecule has 0 aromatic heterocycles. The molecule has 1 aliphatic heterocycles. The lowest BCUT2D eigenvalue weighted by atomic mass is 9.94. The van der Waals surface area contributed by atoms with E-state index in [0.29, 0.717) is 19.7 Å². The Kier molecular flexibility index (Phi) is 6.28. The molecule has 0 radical (unpaired) electrons. The molecule has 1 heterocycles. The zero-order valence-corrected chi connectivity index (χ0v) is 14.3. The number of carbonyl (C=O) groups excluding carboxylic acids is 1. The lowest BCUT2D eigenvalue weighted by Crippen LogP contribution is -2.48. The van der Waals surface area contributed by atoms with Gasteiger partial charge in [0.2, 0.25) is 0 Å². The van der Waals surface area contributed by atoms with Crippen LogP contribution in [0.2, 0.25) is 0 Å². The monoisotopic (exact) mass is 320 g/mol. The molecule has 128 valence electrons. The quantitative estimate of drug-likeness (QED) is 0.819. The van der Waals surface area contributed by atoms with Crippen LogP contribution in [0.3, 0.4) is 0 Å². The highest BCUT2D eigenvalue weighted by Gasteiger charge is 2.26. The van der Waals surface area contributed by atoms with E-state index in [2.05, 4.69) is 11.4 Å². The van der Waals surface area contributed by atoms with Crippen molar-refractivity contribution in [1.29, 1.82) is 0 Å². The van der Waals surface area contributed by atoms with E-state index in [1.54, 1.807) is 11.8 Å². The number of benzene rings is 1. The second-order valence-electron chi connectivity index (χ2n) is 6.49. The van der Waals surface area contributed by atoms with Crippen molar-refractivity contribution in [2.45, 2.75) is 39.7 Å². The van der Waals surface area contributed by atoms with E-state index in [1.165, 1.54) is 11.1 Å². The van der Waals surface area contributed by atoms with Gasteiger partial charge in [0.15, 0.2) is 0 Å². The van der Waals surface area contributed by atoms with Crippen molar-refractivity contribution in [3.8, 4) is 5.75 Å². The second kappa shape index (κ2) is 8.20. The Labute approximate surface area is 138 Å². The minimum Gasteiger partial charge on any atom is -0.492 e. The Balaban J connectivity index is 1.72. The summed E-state index contributed by atoms with van der Waals surface area (Å²) in [5.74, 6) is 1.02. The molecule has 1 fully saturated rings. The highest BCUT2D eigenvalue weighted by atomic mass is 16.5. The fourth-order valence-corrected chi connectivity index (χ4v) is 3.04. The molecule has 0 unspecified atom stereocenters. The number of carbonyl (C=O) groups is 1. The first-order valence-corrected chi connectivity index (χ1v) is 8.37. The zero-order chi connectivity index (χ0) is 16.8. The maximum absolute atomic E-state index is 12.2. The number of aryl methyl sites for hydroxylation is 2. The molecule has 0 saturated carbocycles. The molecule has 0 spiro atoms. The Morgan fingerprint density at radius 3 is 2.74 bits per heavy atom. The van der Waals surface area contributed by atoms with E-state index in [0.717, 1.165) is 25.1 Å². The minimum absolute atomic E-state index is 0.0700. The number of aliphatic hydroxyl groups is 1. The summed E-state index contributed by atoms with van der Waals surface area (Å²) >= 11 is 0. The summed E-state index contributed by atoms with van der Waals surface area (Å²) in [5, 5.41) is 12.6. The lowest BCUT2D eigenvalue weighted by molar-refractivity contribution is 0.0737. The van der Waals surface area contributed by atoms with Crippen LogP contribution < -0.4 is 10.1 Å². The van der Waals surface area contributed by atoms with Crippen LogP contribution in [0.4, 0.5) is 4.79 Å². The number of likely N-dealkylation sites (tertiary alicyclic amines) is 1. The van der Waals surface area contributed by atoms with Crippen LogP contribution in [0, 0.1) is 19.8 Å². The van der Waals surface area contributed by atoms with Gasteiger partial charge in [0.05, 0.1) is 12.6 Å². The SMILES string of the molecule is Cc1cc(C)cc(OCCNC(=O)N2CCC[C@H]([C@H](C)O)C2)c1. The molecule has 0 bridgehead atoms. The van der Waals surface area contributed by atoms with Gasteiger partial charge in [-0.2, -0.15) is 0 Å². The fraction of sp³-hybridized carbons (Fsp3) is 0.611. The lowest BCUT2D eigenvalue weighted by Gasteiger charge is -2.34. The third-order valence-corrected chi connectivity index (χ3v) is 4.27. The van der Waals surface area contributed by atoms with Gasteiger partial charge in [0.1, 0.15) is 12.4 Å². The molecule has 1 saturated heterocycles. The number of urea groups is 1. The maximum Gasteiger partial charge on any atom is 0.317 e. The van der Waals surface area contributed by atoms with Crippen LogP contribution in [0.25, 0.3) is 0 Å². The topological polar surface area (TPSA) is 61.8 Å². The van der Waals surface area contributed by atoms with Gasteiger partial charge >= 0.3 is 6.03 Å². The summed E-state index contributed by atoms with van der Waals surface area (Å²) in [6.07, 6.45) is 1.57. The number of nitrogens with zero attached hydrogens (tertiary/aromatic N) is 1. The van der Waals surface area contributed by atoms with Gasteiger partial charge in [0.25, 0.3) is 0 Å². The second-order valence-corrected chi connectivity index (χ2v) is 6.49. The third kappa shape index (κ3) is 5.43. The molecular formula is C18H28N2O3. The molecule has 2 amide bonds. The number of ether oxygens (including phenoxy) is 1. The van der Waals surface area contributed by atoms with Crippen LogP contribution in [0.5, 0.6) is 5.75 Å². The molecule has 1 aromatic rings. The van der Waals surface area contributed by atoms with Crippen LogP contribution in [0.1, 0.15) is 30.9 Å². The fourth-order valence-electron chi connectivity index (χ4n) is 3.04. The third-order valence-electron chi connectivity index (χ3n) is 4.27. The van der Waals surface area contributed by atoms with E-state index < -0.39 is 0 Å². The molecule has 2 N–H and O–H groups in total. The van der Waals surface area contributed by atoms with Crippen LogP contribution in [-0.4, -0.2) is 48.4 Å². The van der Waals surface area contributed by atoms with Gasteiger partial charge in [0, 0.05) is 19.0 Å². The number of hydrogen-bond donors (Lipinski definition) is 2. The first-order chi connectivity index (χ1) is 11.0. The van der Waals surface area contributed by atoms with Gasteiger partial charge in [-0.15, -0.1) is 0 Å². The van der Waals surface area contributed by atoms with Crippen molar-refractivity contribution in [2.24, 2.45) is 5.92 Å². The summed E-state index contributed by atoms with van der Waals surface area (Å²) in [4.78, 5) is 14.0. The van der Waals surface area contributed by atoms with Crippen LogP contribution >= 0.6 is 0 Å². The van der Waals surface area contributed by atoms with Gasteiger partial charge in [-0.3, -0.25) is 0 Å². The molecule has 23 heavy (non-hydrogen) atoms. The van der Waals surface area contributed by atoms with E-state index in [-0.39, 0.29) is 18.1 Å². The normalized spacial score (nSPS) is 19.3. The first-order valence-electron chi connectivity index (χ1n) is 8.37.